The van der Waals surface area contributed by atoms with Crippen molar-refractivity contribution in [3.63, 3.8) is 0 Å². The van der Waals surface area contributed by atoms with E-state index in [1.165, 1.54) is 11.2 Å². The van der Waals surface area contributed by atoms with Crippen molar-refractivity contribution in [2.45, 2.75) is 0 Å². The van der Waals surface area contributed by atoms with Crippen LogP contribution >= 0.6 is 11.6 Å². The standard InChI is InChI=1S/C12H11ClN4O3/c1-16(2)11-10(17(18)19)12(15-7-14-11)20-9-5-3-8(13)4-6-9/h3-7H,1-2H3. The first-order valence-electron chi connectivity index (χ1n) is 5.59. The molecule has 0 aliphatic carbocycles. The summed E-state index contributed by atoms with van der Waals surface area (Å²) in [6, 6.07) is 6.44. The zero-order valence-corrected chi connectivity index (χ0v) is 11.5. The molecule has 0 bridgehead atoms. The Morgan fingerprint density at radius 1 is 1.25 bits per heavy atom. The van der Waals surface area contributed by atoms with E-state index in [1.807, 2.05) is 0 Å². The van der Waals surface area contributed by atoms with E-state index >= 15 is 0 Å². The van der Waals surface area contributed by atoms with Crippen LogP contribution in [0.15, 0.2) is 30.6 Å². The van der Waals surface area contributed by atoms with Crippen molar-refractivity contribution >= 4 is 23.1 Å². The molecule has 0 amide bonds. The van der Waals surface area contributed by atoms with Gasteiger partial charge in [-0.25, -0.2) is 4.98 Å². The molecular weight excluding hydrogens is 284 g/mol. The Bertz CT molecular complexity index is 631. The molecule has 1 heterocycles. The number of nitro groups is 1. The minimum Gasteiger partial charge on any atom is -0.434 e. The van der Waals surface area contributed by atoms with E-state index in [4.69, 9.17) is 16.3 Å². The molecule has 0 aliphatic heterocycles. The fraction of sp³-hybridized carbons (Fsp3) is 0.167. The fourth-order valence-corrected chi connectivity index (χ4v) is 1.66. The van der Waals surface area contributed by atoms with Crippen LogP contribution in [-0.4, -0.2) is 29.0 Å². The quantitative estimate of drug-likeness (QED) is 0.637. The Morgan fingerprint density at radius 2 is 1.90 bits per heavy atom. The second kappa shape index (κ2) is 5.70. The third kappa shape index (κ3) is 2.94. The lowest BCUT2D eigenvalue weighted by molar-refractivity contribution is -0.385. The summed E-state index contributed by atoms with van der Waals surface area (Å²) in [7, 11) is 3.31. The molecule has 0 unspecified atom stereocenters. The number of nitrogens with zero attached hydrogens (tertiary/aromatic N) is 4. The van der Waals surface area contributed by atoms with Crippen LogP contribution < -0.4 is 9.64 Å². The summed E-state index contributed by atoms with van der Waals surface area (Å²) in [5.74, 6) is 0.464. The fourth-order valence-electron chi connectivity index (χ4n) is 1.53. The van der Waals surface area contributed by atoms with Gasteiger partial charge in [-0.15, -0.1) is 0 Å². The van der Waals surface area contributed by atoms with Crippen LogP contribution in [0.2, 0.25) is 5.02 Å². The van der Waals surface area contributed by atoms with E-state index in [0.717, 1.165) is 0 Å². The summed E-state index contributed by atoms with van der Waals surface area (Å²) in [6.45, 7) is 0. The van der Waals surface area contributed by atoms with E-state index in [9.17, 15) is 10.1 Å². The highest BCUT2D eigenvalue weighted by molar-refractivity contribution is 6.30. The minimum atomic E-state index is -0.569. The molecule has 0 radical (unpaired) electrons. The lowest BCUT2D eigenvalue weighted by Crippen LogP contribution is -2.14. The number of hydrogen-bond acceptors (Lipinski definition) is 6. The van der Waals surface area contributed by atoms with Crippen LogP contribution in [-0.2, 0) is 0 Å². The molecule has 8 heteroatoms. The molecule has 1 aromatic heterocycles. The molecule has 7 nitrogen and oxygen atoms in total. The molecular formula is C12H11ClN4O3. The van der Waals surface area contributed by atoms with Gasteiger partial charge in [0.1, 0.15) is 12.1 Å². The monoisotopic (exact) mass is 294 g/mol. The van der Waals surface area contributed by atoms with E-state index in [2.05, 4.69) is 9.97 Å². The van der Waals surface area contributed by atoms with Gasteiger partial charge in [0.15, 0.2) is 0 Å². The smallest absolute Gasteiger partial charge is 0.373 e. The predicted octanol–water partition coefficient (Wildman–Crippen LogP) is 2.90. The highest BCUT2D eigenvalue weighted by atomic mass is 35.5. The average molecular weight is 295 g/mol. The van der Waals surface area contributed by atoms with Crippen LogP contribution in [0.3, 0.4) is 0 Å². The number of rotatable bonds is 4. The van der Waals surface area contributed by atoms with E-state index < -0.39 is 4.92 Å². The number of ether oxygens (including phenoxy) is 1. The van der Waals surface area contributed by atoms with Gasteiger partial charge in [0.25, 0.3) is 0 Å². The summed E-state index contributed by atoms with van der Waals surface area (Å²) in [6.07, 6.45) is 1.22. The molecule has 1 aromatic carbocycles. The summed E-state index contributed by atoms with van der Waals surface area (Å²) < 4.78 is 5.44. The molecule has 0 atom stereocenters. The molecule has 0 spiro atoms. The number of aromatic nitrogens is 2. The Balaban J connectivity index is 2.43. The summed E-state index contributed by atoms with van der Waals surface area (Å²) in [4.78, 5) is 19.9. The van der Waals surface area contributed by atoms with Crippen molar-refractivity contribution in [2.75, 3.05) is 19.0 Å². The second-order valence-electron chi connectivity index (χ2n) is 4.06. The first-order valence-corrected chi connectivity index (χ1v) is 5.97. The third-order valence-corrected chi connectivity index (χ3v) is 2.66. The zero-order chi connectivity index (χ0) is 14.7. The largest absolute Gasteiger partial charge is 0.434 e. The normalized spacial score (nSPS) is 10.2. The molecule has 0 fully saturated rings. The van der Waals surface area contributed by atoms with Gasteiger partial charge in [0.05, 0.1) is 4.92 Å². The molecule has 2 rings (SSSR count). The lowest BCUT2D eigenvalue weighted by atomic mass is 10.3. The third-order valence-electron chi connectivity index (χ3n) is 2.40. The van der Waals surface area contributed by atoms with Crippen molar-refractivity contribution in [3.8, 4) is 11.6 Å². The zero-order valence-electron chi connectivity index (χ0n) is 10.8. The number of anilines is 1. The Labute approximate surface area is 119 Å². The maximum atomic E-state index is 11.2. The topological polar surface area (TPSA) is 81.4 Å². The number of benzene rings is 1. The van der Waals surface area contributed by atoms with Crippen molar-refractivity contribution in [1.82, 2.24) is 9.97 Å². The van der Waals surface area contributed by atoms with E-state index in [1.54, 1.807) is 38.4 Å². The van der Waals surface area contributed by atoms with Crippen molar-refractivity contribution in [2.24, 2.45) is 0 Å². The van der Waals surface area contributed by atoms with Gasteiger partial charge in [-0.1, -0.05) is 11.6 Å². The molecule has 0 saturated heterocycles. The predicted molar refractivity (Wildman–Crippen MR) is 74.5 cm³/mol. The van der Waals surface area contributed by atoms with Gasteiger partial charge < -0.3 is 9.64 Å². The minimum absolute atomic E-state index is 0.115. The van der Waals surface area contributed by atoms with Crippen molar-refractivity contribution < 1.29 is 9.66 Å². The summed E-state index contributed by atoms with van der Waals surface area (Å²) >= 11 is 5.77. The van der Waals surface area contributed by atoms with Crippen LogP contribution in [0.1, 0.15) is 0 Å². The summed E-state index contributed by atoms with van der Waals surface area (Å²) in [5.41, 5.74) is -0.285. The highest BCUT2D eigenvalue weighted by Gasteiger charge is 2.26. The number of hydrogen-bond donors (Lipinski definition) is 0. The van der Waals surface area contributed by atoms with E-state index in [-0.39, 0.29) is 17.4 Å². The van der Waals surface area contributed by atoms with Crippen molar-refractivity contribution in [1.29, 1.82) is 0 Å². The SMILES string of the molecule is CN(C)c1ncnc(Oc2ccc(Cl)cc2)c1[N+](=O)[O-]. The van der Waals surface area contributed by atoms with Crippen LogP contribution in [0, 0.1) is 10.1 Å². The van der Waals surface area contributed by atoms with Gasteiger partial charge in [-0.3, -0.25) is 10.1 Å². The Hall–Kier alpha value is -2.41. The van der Waals surface area contributed by atoms with Gasteiger partial charge >= 0.3 is 11.6 Å². The first-order chi connectivity index (χ1) is 9.49. The molecule has 104 valence electrons. The van der Waals surface area contributed by atoms with Gasteiger partial charge in [-0.05, 0) is 24.3 Å². The molecule has 20 heavy (non-hydrogen) atoms. The Morgan fingerprint density at radius 3 is 2.45 bits per heavy atom. The maximum absolute atomic E-state index is 11.2. The van der Waals surface area contributed by atoms with Crippen LogP contribution in [0.4, 0.5) is 11.5 Å². The highest BCUT2D eigenvalue weighted by Crippen LogP contribution is 2.35. The number of halogens is 1. The Kier molecular flexibility index (Phi) is 3.99. The van der Waals surface area contributed by atoms with Crippen LogP contribution in [0.5, 0.6) is 11.6 Å². The van der Waals surface area contributed by atoms with Gasteiger partial charge in [0.2, 0.25) is 5.82 Å². The van der Waals surface area contributed by atoms with Crippen molar-refractivity contribution in [3.05, 3.63) is 45.7 Å². The molecule has 0 aliphatic rings. The van der Waals surface area contributed by atoms with Gasteiger partial charge in [0, 0.05) is 19.1 Å². The molecule has 0 N–H and O–H groups in total. The average Bonchev–Trinajstić information content (AvgIpc) is 2.40. The second-order valence-corrected chi connectivity index (χ2v) is 4.49. The van der Waals surface area contributed by atoms with Gasteiger partial charge in [-0.2, -0.15) is 4.98 Å². The maximum Gasteiger partial charge on any atom is 0.373 e. The van der Waals surface area contributed by atoms with E-state index in [0.29, 0.717) is 10.8 Å². The van der Waals surface area contributed by atoms with Crippen LogP contribution in [0.25, 0.3) is 0 Å². The molecule has 2 aromatic rings. The molecule has 0 saturated carbocycles. The first kappa shape index (κ1) is 14.0. The lowest BCUT2D eigenvalue weighted by Gasteiger charge is -2.12. The summed E-state index contributed by atoms with van der Waals surface area (Å²) in [5, 5.41) is 11.7.